The molecule has 1 aromatic heterocycles. The molecule has 0 radical (unpaired) electrons. The van der Waals surface area contributed by atoms with Crippen LogP contribution >= 0.6 is 31.9 Å². The number of aromatic hydroxyl groups is 1. The van der Waals surface area contributed by atoms with Gasteiger partial charge in [-0.3, -0.25) is 14.3 Å². The number of amides is 1. The van der Waals surface area contributed by atoms with E-state index in [2.05, 4.69) is 41.9 Å². The summed E-state index contributed by atoms with van der Waals surface area (Å²) in [6.45, 7) is 3.22. The second-order valence-electron chi connectivity index (χ2n) is 7.89. The number of ketones is 1. The Morgan fingerprint density at radius 2 is 1.58 bits per heavy atom. The topological polar surface area (TPSA) is 126 Å². The summed E-state index contributed by atoms with van der Waals surface area (Å²) in [5.74, 6) is -0.150. The van der Waals surface area contributed by atoms with E-state index in [4.69, 9.17) is 4.42 Å². The number of fused-ring (bicyclic) bond motifs is 1. The van der Waals surface area contributed by atoms with Crippen LogP contribution in [0.15, 0.2) is 72.9 Å². The predicted molar refractivity (Wildman–Crippen MR) is 144 cm³/mol. The Morgan fingerprint density at radius 3 is 2.17 bits per heavy atom. The molecule has 0 aliphatic carbocycles. The van der Waals surface area contributed by atoms with Crippen LogP contribution in [0.1, 0.15) is 35.5 Å². The largest absolute Gasteiger partial charge is 0.506 e. The molecule has 0 bridgehead atoms. The number of carbonyl (C=O) groups excluding carboxylic acids is 2. The van der Waals surface area contributed by atoms with E-state index in [0.717, 1.165) is 0 Å². The zero-order valence-electron chi connectivity index (χ0n) is 19.1. The summed E-state index contributed by atoms with van der Waals surface area (Å²) in [5.41, 5.74) is 1.78. The fourth-order valence-electron chi connectivity index (χ4n) is 3.67. The number of anilines is 2. The Hall–Kier alpha value is -3.15. The molecule has 0 saturated heterocycles. The smallest absolute Gasteiger partial charge is 0.262 e. The van der Waals surface area contributed by atoms with Gasteiger partial charge in [-0.15, -0.1) is 0 Å². The summed E-state index contributed by atoms with van der Waals surface area (Å²) in [5, 5.41) is 13.1. The van der Waals surface area contributed by atoms with E-state index in [1.807, 2.05) is 6.92 Å². The molecule has 0 atom stereocenters. The molecule has 0 aliphatic heterocycles. The lowest BCUT2D eigenvalue weighted by molar-refractivity contribution is -0.114. The standard InChI is InChI=1S/C25H20Br2N2O6S/c1-3-21-23(24(31)14-10-19(26)25(32)20(27)11-14)18-9-8-17(12-22(18)35-21)36(33,34)29-16-6-4-15(5-7-16)28-13(2)30/h4-12,29,32H,3H2,1-2H3,(H,28,30). The lowest BCUT2D eigenvalue weighted by Crippen LogP contribution is -2.13. The number of carbonyl (C=O) groups is 2. The first-order chi connectivity index (χ1) is 17.0. The number of benzene rings is 3. The Balaban J connectivity index is 1.69. The maximum Gasteiger partial charge on any atom is 0.262 e. The highest BCUT2D eigenvalue weighted by Crippen LogP contribution is 2.36. The number of hydrogen-bond donors (Lipinski definition) is 3. The minimum Gasteiger partial charge on any atom is -0.506 e. The SMILES string of the molecule is CCc1oc2cc(S(=O)(=O)Nc3ccc(NC(C)=O)cc3)ccc2c1C(=O)c1cc(Br)c(O)c(Br)c1. The summed E-state index contributed by atoms with van der Waals surface area (Å²) >= 11 is 6.48. The highest BCUT2D eigenvalue weighted by atomic mass is 79.9. The molecule has 0 aliphatic rings. The first kappa shape index (κ1) is 25.9. The van der Waals surface area contributed by atoms with Gasteiger partial charge in [-0.2, -0.15) is 0 Å². The summed E-state index contributed by atoms with van der Waals surface area (Å²) in [7, 11) is -3.96. The van der Waals surface area contributed by atoms with Gasteiger partial charge in [0, 0.05) is 41.7 Å². The van der Waals surface area contributed by atoms with Gasteiger partial charge < -0.3 is 14.8 Å². The van der Waals surface area contributed by atoms with Crippen LogP contribution in [-0.2, 0) is 21.2 Å². The number of furan rings is 1. The molecule has 11 heteroatoms. The van der Waals surface area contributed by atoms with Crippen molar-refractivity contribution < 1.29 is 27.5 Å². The molecule has 8 nitrogen and oxygen atoms in total. The zero-order valence-corrected chi connectivity index (χ0v) is 23.0. The van der Waals surface area contributed by atoms with Crippen LogP contribution in [0.2, 0.25) is 0 Å². The van der Waals surface area contributed by atoms with Crippen molar-refractivity contribution in [1.82, 2.24) is 0 Å². The van der Waals surface area contributed by atoms with Gasteiger partial charge in [-0.05, 0) is 80.4 Å². The molecule has 0 fully saturated rings. The third-order valence-electron chi connectivity index (χ3n) is 5.33. The monoisotopic (exact) mass is 634 g/mol. The van der Waals surface area contributed by atoms with Gasteiger partial charge in [0.15, 0.2) is 5.78 Å². The van der Waals surface area contributed by atoms with Crippen molar-refractivity contribution in [2.75, 3.05) is 10.0 Å². The fourth-order valence-corrected chi connectivity index (χ4v) is 5.93. The zero-order chi connectivity index (χ0) is 26.2. The number of phenols is 1. The van der Waals surface area contributed by atoms with Crippen molar-refractivity contribution in [3.8, 4) is 5.75 Å². The maximum absolute atomic E-state index is 13.4. The molecule has 0 unspecified atom stereocenters. The summed E-state index contributed by atoms with van der Waals surface area (Å²) in [4.78, 5) is 24.5. The van der Waals surface area contributed by atoms with Crippen LogP contribution in [-0.4, -0.2) is 25.2 Å². The number of nitrogens with one attached hydrogen (secondary N) is 2. The van der Waals surface area contributed by atoms with E-state index in [9.17, 15) is 23.1 Å². The third kappa shape index (κ3) is 5.18. The molecule has 36 heavy (non-hydrogen) atoms. The Morgan fingerprint density at radius 1 is 0.972 bits per heavy atom. The lowest BCUT2D eigenvalue weighted by Gasteiger charge is -2.09. The van der Waals surface area contributed by atoms with Crippen molar-refractivity contribution >= 4 is 75.9 Å². The predicted octanol–water partition coefficient (Wildman–Crippen LogP) is 6.22. The van der Waals surface area contributed by atoms with Crippen molar-refractivity contribution in [3.63, 3.8) is 0 Å². The van der Waals surface area contributed by atoms with E-state index in [0.29, 0.717) is 49.0 Å². The van der Waals surface area contributed by atoms with Crippen molar-refractivity contribution in [1.29, 1.82) is 0 Å². The van der Waals surface area contributed by atoms with Crippen LogP contribution in [0, 0.1) is 0 Å². The van der Waals surface area contributed by atoms with Gasteiger partial charge in [0.05, 0.1) is 19.4 Å². The van der Waals surface area contributed by atoms with Crippen LogP contribution in [0.4, 0.5) is 11.4 Å². The molecule has 4 aromatic rings. The normalized spacial score (nSPS) is 11.4. The maximum atomic E-state index is 13.4. The first-order valence-electron chi connectivity index (χ1n) is 10.7. The molecule has 1 amide bonds. The van der Waals surface area contributed by atoms with E-state index >= 15 is 0 Å². The van der Waals surface area contributed by atoms with Gasteiger partial charge in [-0.25, -0.2) is 8.42 Å². The number of rotatable bonds is 7. The highest BCUT2D eigenvalue weighted by molar-refractivity contribution is 9.11. The van der Waals surface area contributed by atoms with Gasteiger partial charge >= 0.3 is 0 Å². The van der Waals surface area contributed by atoms with Gasteiger partial charge in [0.25, 0.3) is 10.0 Å². The van der Waals surface area contributed by atoms with E-state index < -0.39 is 10.0 Å². The minimum atomic E-state index is -3.96. The number of halogens is 2. The number of aryl methyl sites for hydroxylation is 1. The van der Waals surface area contributed by atoms with Crippen LogP contribution in [0.5, 0.6) is 5.75 Å². The molecule has 3 N–H and O–H groups in total. The summed E-state index contributed by atoms with van der Waals surface area (Å²) < 4.78 is 35.1. The molecule has 0 saturated carbocycles. The van der Waals surface area contributed by atoms with E-state index in [-0.39, 0.29) is 27.9 Å². The molecule has 4 rings (SSSR count). The molecular weight excluding hydrogens is 616 g/mol. The lowest BCUT2D eigenvalue weighted by atomic mass is 9.99. The highest BCUT2D eigenvalue weighted by Gasteiger charge is 2.24. The van der Waals surface area contributed by atoms with Gasteiger partial charge in [0.2, 0.25) is 5.91 Å². The van der Waals surface area contributed by atoms with E-state index in [1.165, 1.54) is 43.3 Å². The average Bonchev–Trinajstić information content (AvgIpc) is 3.20. The van der Waals surface area contributed by atoms with Gasteiger partial charge in [0.1, 0.15) is 17.1 Å². The number of phenolic OH excluding ortho intramolecular Hbond substituents is 1. The Kier molecular flexibility index (Phi) is 7.26. The van der Waals surface area contributed by atoms with Gasteiger partial charge in [-0.1, -0.05) is 6.92 Å². The second kappa shape index (κ2) is 10.1. The molecule has 186 valence electrons. The molecule has 1 heterocycles. The molecular formula is C25H20Br2N2O6S. The van der Waals surface area contributed by atoms with Crippen molar-refractivity contribution in [2.24, 2.45) is 0 Å². The van der Waals surface area contributed by atoms with Crippen molar-refractivity contribution in [2.45, 2.75) is 25.2 Å². The first-order valence-corrected chi connectivity index (χ1v) is 13.8. The van der Waals surface area contributed by atoms with Crippen LogP contribution in [0.3, 0.4) is 0 Å². The quantitative estimate of drug-likeness (QED) is 0.207. The summed E-state index contributed by atoms with van der Waals surface area (Å²) in [6, 6.07) is 13.6. The Bertz CT molecular complexity index is 1590. The third-order valence-corrected chi connectivity index (χ3v) is 7.92. The van der Waals surface area contributed by atoms with Crippen LogP contribution < -0.4 is 10.0 Å². The van der Waals surface area contributed by atoms with Crippen LogP contribution in [0.25, 0.3) is 11.0 Å². The number of hydrogen-bond acceptors (Lipinski definition) is 6. The summed E-state index contributed by atoms with van der Waals surface area (Å²) in [6.07, 6.45) is 0.414. The molecule has 0 spiro atoms. The van der Waals surface area contributed by atoms with Crippen molar-refractivity contribution in [3.05, 3.63) is 80.4 Å². The second-order valence-corrected chi connectivity index (χ2v) is 11.3. The fraction of sp³-hybridized carbons (Fsp3) is 0.120. The number of sulfonamides is 1. The molecule has 3 aromatic carbocycles. The Labute approximate surface area is 224 Å². The van der Waals surface area contributed by atoms with E-state index in [1.54, 1.807) is 18.2 Å². The average molecular weight is 636 g/mol. The minimum absolute atomic E-state index is 0.0218.